The van der Waals surface area contributed by atoms with Gasteiger partial charge in [-0.15, -0.1) is 0 Å². The highest BCUT2D eigenvalue weighted by Crippen LogP contribution is 2.34. The molecule has 1 aliphatic rings. The van der Waals surface area contributed by atoms with Gasteiger partial charge >= 0.3 is 0 Å². The fourth-order valence-electron chi connectivity index (χ4n) is 3.92. The summed E-state index contributed by atoms with van der Waals surface area (Å²) < 4.78 is 7.45. The molecule has 3 N–H and O–H groups in total. The highest BCUT2D eigenvalue weighted by atomic mass is 16.5. The van der Waals surface area contributed by atoms with Crippen LogP contribution in [0.3, 0.4) is 0 Å². The molecule has 0 aliphatic carbocycles. The van der Waals surface area contributed by atoms with E-state index in [-0.39, 0.29) is 34.7 Å². The van der Waals surface area contributed by atoms with E-state index in [1.807, 2.05) is 12.1 Å². The number of para-hydroxylation sites is 1. The van der Waals surface area contributed by atoms with Gasteiger partial charge in [-0.05, 0) is 25.0 Å². The molecule has 0 bridgehead atoms. The molecule has 0 amide bonds. The van der Waals surface area contributed by atoms with Gasteiger partial charge in [-0.25, -0.2) is 15.0 Å². The highest BCUT2D eigenvalue weighted by molar-refractivity contribution is 5.97. The minimum atomic E-state index is -0.317. The first-order valence-corrected chi connectivity index (χ1v) is 9.71. The maximum atomic E-state index is 12.6. The first-order valence-electron chi connectivity index (χ1n) is 9.71. The van der Waals surface area contributed by atoms with Crippen LogP contribution in [0.1, 0.15) is 24.2 Å². The molecule has 0 radical (unpaired) electrons. The lowest BCUT2D eigenvalue weighted by molar-refractivity contribution is 0.0983. The smallest absolute Gasteiger partial charge is 0.259 e. The van der Waals surface area contributed by atoms with Crippen molar-refractivity contribution < 1.29 is 4.74 Å². The van der Waals surface area contributed by atoms with Crippen LogP contribution in [-0.2, 0) is 11.3 Å². The predicted octanol–water partition coefficient (Wildman–Crippen LogP) is 1.84. The monoisotopic (exact) mass is 412 g/mol. The van der Waals surface area contributed by atoms with E-state index in [0.29, 0.717) is 40.8 Å². The zero-order valence-corrected chi connectivity index (χ0v) is 16.3. The van der Waals surface area contributed by atoms with Gasteiger partial charge in [0.15, 0.2) is 17.0 Å². The van der Waals surface area contributed by atoms with Crippen LogP contribution in [0.15, 0.2) is 29.1 Å². The molecule has 1 aliphatic heterocycles. The minimum absolute atomic E-state index is 0.0580. The van der Waals surface area contributed by atoms with Crippen molar-refractivity contribution in [2.75, 3.05) is 12.3 Å². The summed E-state index contributed by atoms with van der Waals surface area (Å²) in [5, 5.41) is 19.3. The number of nitrogens with two attached hydrogens (primary N) is 1. The normalized spacial score (nSPS) is 15.9. The zero-order valence-electron chi connectivity index (χ0n) is 16.3. The Morgan fingerprint density at radius 2 is 1.97 bits per heavy atom. The number of aromatic nitrogens is 5. The van der Waals surface area contributed by atoms with Gasteiger partial charge in [-0.2, -0.15) is 10.5 Å². The first kappa shape index (κ1) is 18.7. The van der Waals surface area contributed by atoms with Gasteiger partial charge in [0.2, 0.25) is 0 Å². The number of fused-ring (bicyclic) bond motifs is 2. The molecule has 0 saturated carbocycles. The summed E-state index contributed by atoms with van der Waals surface area (Å²) in [6, 6.07) is 10.8. The van der Waals surface area contributed by atoms with E-state index in [0.717, 1.165) is 12.8 Å². The second-order valence-corrected chi connectivity index (χ2v) is 7.25. The summed E-state index contributed by atoms with van der Waals surface area (Å²) in [6.07, 6.45) is 1.76. The number of ether oxygens (including phenoxy) is 1. The number of anilines is 1. The molecule has 1 saturated heterocycles. The second-order valence-electron chi connectivity index (χ2n) is 7.25. The Labute approximate surface area is 175 Å². The molecule has 3 aromatic heterocycles. The van der Waals surface area contributed by atoms with Gasteiger partial charge < -0.3 is 20.0 Å². The zero-order chi connectivity index (χ0) is 21.5. The molecule has 1 unspecified atom stereocenters. The highest BCUT2D eigenvalue weighted by Gasteiger charge is 2.26. The van der Waals surface area contributed by atoms with Crippen molar-refractivity contribution in [3.63, 3.8) is 0 Å². The number of benzene rings is 1. The van der Waals surface area contributed by atoms with Crippen molar-refractivity contribution in [1.29, 1.82) is 10.5 Å². The third-order valence-corrected chi connectivity index (χ3v) is 5.39. The Hall–Kier alpha value is -4.28. The summed E-state index contributed by atoms with van der Waals surface area (Å²) in [5.41, 5.74) is 7.48. The molecule has 10 heteroatoms. The number of nitrogens with one attached hydrogen (secondary N) is 1. The van der Waals surface area contributed by atoms with E-state index >= 15 is 0 Å². The molecule has 1 aromatic carbocycles. The number of nitrogens with zero attached hydrogens (tertiary/aromatic N) is 6. The van der Waals surface area contributed by atoms with E-state index < -0.39 is 0 Å². The van der Waals surface area contributed by atoms with Gasteiger partial charge in [0.05, 0.1) is 29.1 Å². The third-order valence-electron chi connectivity index (χ3n) is 5.39. The van der Waals surface area contributed by atoms with E-state index in [9.17, 15) is 15.3 Å². The third kappa shape index (κ3) is 2.98. The van der Waals surface area contributed by atoms with Crippen LogP contribution in [0.5, 0.6) is 0 Å². The van der Waals surface area contributed by atoms with Crippen LogP contribution in [0.4, 0.5) is 5.82 Å². The molecule has 0 spiro atoms. The standard InChI is InChI=1S/C21H16N8O2/c22-8-14-15(9-23)27-20-17(25-14)16(18(24)29(20)10-11-4-3-7-31-11)19-26-13-6-2-1-5-12(13)21(30)28-19/h1-2,5-6,11H,3-4,7,10,24H2,(H,26,28,30). The average Bonchev–Trinajstić information content (AvgIpc) is 3.39. The number of rotatable bonds is 3. The van der Waals surface area contributed by atoms with Crippen molar-refractivity contribution >= 4 is 27.9 Å². The molecule has 5 rings (SSSR count). The lowest BCUT2D eigenvalue weighted by Crippen LogP contribution is -2.17. The Morgan fingerprint density at radius 3 is 2.71 bits per heavy atom. The first-order chi connectivity index (χ1) is 15.1. The van der Waals surface area contributed by atoms with Crippen molar-refractivity contribution in [1.82, 2.24) is 24.5 Å². The molecule has 10 nitrogen and oxygen atoms in total. The molecule has 31 heavy (non-hydrogen) atoms. The summed E-state index contributed by atoms with van der Waals surface area (Å²) in [5.74, 6) is 0.503. The molecule has 1 atom stereocenters. The van der Waals surface area contributed by atoms with E-state index in [4.69, 9.17) is 10.5 Å². The lowest BCUT2D eigenvalue weighted by Gasteiger charge is -2.13. The molecule has 152 valence electrons. The Morgan fingerprint density at radius 1 is 1.19 bits per heavy atom. The Balaban J connectivity index is 1.82. The topological polar surface area (TPSA) is 159 Å². The summed E-state index contributed by atoms with van der Waals surface area (Å²) in [4.78, 5) is 28.7. The van der Waals surface area contributed by atoms with Crippen molar-refractivity contribution in [2.45, 2.75) is 25.5 Å². The minimum Gasteiger partial charge on any atom is -0.384 e. The van der Waals surface area contributed by atoms with Crippen molar-refractivity contribution in [3.8, 4) is 23.5 Å². The molecular formula is C21H16N8O2. The van der Waals surface area contributed by atoms with E-state index in [1.54, 1.807) is 28.8 Å². The summed E-state index contributed by atoms with van der Waals surface area (Å²) in [6.45, 7) is 1.08. The summed E-state index contributed by atoms with van der Waals surface area (Å²) in [7, 11) is 0. The second kappa shape index (κ2) is 7.20. The Kier molecular flexibility index (Phi) is 4.35. The lowest BCUT2D eigenvalue weighted by atomic mass is 10.2. The summed E-state index contributed by atoms with van der Waals surface area (Å²) >= 11 is 0. The molecule has 4 heterocycles. The maximum Gasteiger partial charge on any atom is 0.259 e. The van der Waals surface area contributed by atoms with Crippen molar-refractivity contribution in [3.05, 3.63) is 46.0 Å². The largest absolute Gasteiger partial charge is 0.384 e. The van der Waals surface area contributed by atoms with Crippen LogP contribution in [0.25, 0.3) is 33.5 Å². The van der Waals surface area contributed by atoms with Crippen LogP contribution in [-0.4, -0.2) is 37.2 Å². The number of nitriles is 2. The van der Waals surface area contributed by atoms with Crippen LogP contribution < -0.4 is 11.3 Å². The van der Waals surface area contributed by atoms with Gasteiger partial charge in [0.1, 0.15) is 29.3 Å². The number of hydrogen-bond acceptors (Lipinski definition) is 8. The van der Waals surface area contributed by atoms with Crippen molar-refractivity contribution in [2.24, 2.45) is 0 Å². The molecule has 4 aromatic rings. The van der Waals surface area contributed by atoms with Crippen LogP contribution in [0, 0.1) is 22.7 Å². The van der Waals surface area contributed by atoms with Crippen LogP contribution in [0.2, 0.25) is 0 Å². The fraction of sp³-hybridized carbons (Fsp3) is 0.238. The van der Waals surface area contributed by atoms with E-state index in [2.05, 4.69) is 19.9 Å². The van der Waals surface area contributed by atoms with Gasteiger partial charge in [-0.3, -0.25) is 4.79 Å². The van der Waals surface area contributed by atoms with Gasteiger partial charge in [-0.1, -0.05) is 12.1 Å². The quantitative estimate of drug-likeness (QED) is 0.515. The Bertz CT molecular complexity index is 1480. The predicted molar refractivity (Wildman–Crippen MR) is 112 cm³/mol. The average molecular weight is 412 g/mol. The SMILES string of the molecule is N#Cc1nc2c(-c3nc4ccccc4c(=O)[nH]3)c(N)n(CC3CCCO3)c2nc1C#N. The van der Waals surface area contributed by atoms with Gasteiger partial charge in [0.25, 0.3) is 5.56 Å². The number of hydrogen-bond donors (Lipinski definition) is 2. The van der Waals surface area contributed by atoms with E-state index in [1.165, 1.54) is 0 Å². The molecular weight excluding hydrogens is 396 g/mol. The van der Waals surface area contributed by atoms with Gasteiger partial charge in [0, 0.05) is 6.61 Å². The number of nitrogen functional groups attached to an aromatic ring is 1. The number of aromatic amines is 1. The fourth-order valence-corrected chi connectivity index (χ4v) is 3.92. The number of H-pyrrole nitrogens is 1. The maximum absolute atomic E-state index is 12.6. The van der Waals surface area contributed by atoms with Crippen LogP contribution >= 0.6 is 0 Å². The molecule has 1 fully saturated rings.